The number of hydrogen-bond donors (Lipinski definition) is 2. The molecule has 0 saturated heterocycles. The number of carbonyl (C=O) groups is 1. The normalized spacial score (nSPS) is 14.6. The number of halogens is 2. The van der Waals surface area contributed by atoms with E-state index in [0.29, 0.717) is 28.8 Å². The predicted molar refractivity (Wildman–Crippen MR) is 148 cm³/mol. The molecule has 1 aliphatic heterocycles. The van der Waals surface area contributed by atoms with Crippen LogP contribution in [0.25, 0.3) is 17.3 Å². The van der Waals surface area contributed by atoms with Crippen molar-refractivity contribution in [3.63, 3.8) is 0 Å². The van der Waals surface area contributed by atoms with Crippen molar-refractivity contribution in [2.45, 2.75) is 19.5 Å². The fourth-order valence-electron chi connectivity index (χ4n) is 4.26. The highest BCUT2D eigenvalue weighted by Gasteiger charge is 2.28. The van der Waals surface area contributed by atoms with Crippen molar-refractivity contribution in [3.8, 4) is 17.3 Å². The number of benzene rings is 2. The highest BCUT2D eigenvalue weighted by molar-refractivity contribution is 6.35. The van der Waals surface area contributed by atoms with Crippen LogP contribution in [0.4, 0.5) is 4.79 Å². The second kappa shape index (κ2) is 11.3. The van der Waals surface area contributed by atoms with Crippen LogP contribution < -0.4 is 20.1 Å². The first-order valence-electron chi connectivity index (χ1n) is 11.9. The molecule has 38 heavy (non-hydrogen) atoms. The minimum Gasteiger partial charge on any atom is -0.497 e. The Morgan fingerprint density at radius 2 is 1.95 bits per heavy atom. The molecule has 194 valence electrons. The van der Waals surface area contributed by atoms with Gasteiger partial charge in [-0.2, -0.15) is 0 Å². The van der Waals surface area contributed by atoms with Gasteiger partial charge in [0, 0.05) is 24.3 Å². The summed E-state index contributed by atoms with van der Waals surface area (Å²) in [5.74, 6) is 0.957. The van der Waals surface area contributed by atoms with E-state index < -0.39 is 6.09 Å². The molecule has 0 aliphatic carbocycles. The zero-order chi connectivity index (χ0) is 26.6. The van der Waals surface area contributed by atoms with E-state index in [4.69, 9.17) is 32.7 Å². The molecule has 2 aromatic carbocycles. The van der Waals surface area contributed by atoms with E-state index in [9.17, 15) is 4.79 Å². The average Bonchev–Trinajstić information content (AvgIpc) is 3.28. The molecule has 1 unspecified atom stereocenters. The summed E-state index contributed by atoms with van der Waals surface area (Å²) in [6.07, 6.45) is 3.10. The Bertz CT molecular complexity index is 1490. The van der Waals surface area contributed by atoms with Crippen molar-refractivity contribution in [2.24, 2.45) is 0 Å². The van der Waals surface area contributed by atoms with Crippen molar-refractivity contribution in [2.75, 3.05) is 13.7 Å². The van der Waals surface area contributed by atoms with Crippen molar-refractivity contribution >= 4 is 40.9 Å². The van der Waals surface area contributed by atoms with Gasteiger partial charge >= 0.3 is 6.09 Å². The van der Waals surface area contributed by atoms with E-state index in [-0.39, 0.29) is 11.9 Å². The number of fused-ring (bicyclic) bond motifs is 1. The van der Waals surface area contributed by atoms with E-state index >= 15 is 0 Å². The number of pyridine rings is 1. The lowest BCUT2D eigenvalue weighted by Crippen LogP contribution is -2.30. The van der Waals surface area contributed by atoms with Crippen LogP contribution in [0.15, 0.2) is 66.9 Å². The highest BCUT2D eigenvalue weighted by Crippen LogP contribution is 2.36. The number of methoxy groups -OCH3 is 1. The number of amides is 1. The van der Waals surface area contributed by atoms with Gasteiger partial charge in [0.2, 0.25) is 5.88 Å². The smallest absolute Gasteiger partial charge is 0.414 e. The third kappa shape index (κ3) is 5.52. The van der Waals surface area contributed by atoms with Crippen LogP contribution >= 0.6 is 23.2 Å². The van der Waals surface area contributed by atoms with Gasteiger partial charge in [0.25, 0.3) is 0 Å². The Balaban J connectivity index is 1.53. The summed E-state index contributed by atoms with van der Waals surface area (Å²) in [6.45, 7) is 2.87. The van der Waals surface area contributed by atoms with Gasteiger partial charge in [0.15, 0.2) is 0 Å². The number of nitrogens with one attached hydrogen (secondary N) is 2. The molecule has 3 heterocycles. The van der Waals surface area contributed by atoms with E-state index in [2.05, 4.69) is 26.8 Å². The lowest BCUT2D eigenvalue weighted by Gasteiger charge is -2.20. The molecule has 1 aliphatic rings. The average molecular weight is 550 g/mol. The Morgan fingerprint density at radius 1 is 1.13 bits per heavy atom. The van der Waals surface area contributed by atoms with E-state index in [0.717, 1.165) is 33.8 Å². The Labute approximate surface area is 230 Å². The molecule has 4 aromatic rings. The van der Waals surface area contributed by atoms with Crippen molar-refractivity contribution in [3.05, 3.63) is 99.4 Å². The topological polar surface area (TPSA) is 90.3 Å². The molecule has 0 radical (unpaired) electrons. The van der Waals surface area contributed by atoms with Crippen molar-refractivity contribution < 1.29 is 14.3 Å². The molecule has 8 nitrogen and oxygen atoms in total. The van der Waals surface area contributed by atoms with Gasteiger partial charge in [0.05, 0.1) is 40.8 Å². The molecule has 1 amide bonds. The Hall–Kier alpha value is -3.85. The van der Waals surface area contributed by atoms with E-state index in [1.807, 2.05) is 49.4 Å². The molecule has 10 heteroatoms. The second-order valence-electron chi connectivity index (χ2n) is 8.70. The van der Waals surface area contributed by atoms with E-state index in [1.54, 1.807) is 36.2 Å². The lowest BCUT2D eigenvalue weighted by atomic mass is 10.0. The zero-order valence-corrected chi connectivity index (χ0v) is 22.3. The number of ether oxygens (including phenoxy) is 2. The quantitative estimate of drug-likeness (QED) is 0.303. The van der Waals surface area contributed by atoms with Gasteiger partial charge < -0.3 is 20.1 Å². The van der Waals surface area contributed by atoms with Crippen LogP contribution in [0.5, 0.6) is 11.6 Å². The molecule has 2 N–H and O–H groups in total. The van der Waals surface area contributed by atoms with Crippen LogP contribution in [-0.2, 0) is 6.54 Å². The Kier molecular flexibility index (Phi) is 7.64. The molecule has 0 saturated carbocycles. The fourth-order valence-corrected chi connectivity index (χ4v) is 4.74. The predicted octanol–water partition coefficient (Wildman–Crippen LogP) is 6.08. The zero-order valence-electron chi connectivity index (χ0n) is 20.7. The first-order chi connectivity index (χ1) is 18.4. The summed E-state index contributed by atoms with van der Waals surface area (Å²) in [4.78, 5) is 17.2. The standard InChI is InChI=1S/C28H25Cl2N5O3/c1-17(24-5-3-4-12-32-24)33-28(36)38-27-22-16-31-15-19(13-18-6-9-21(37-2)10-7-18)26(22)35(34-27)25-11-8-20(29)14-23(25)30/h3-14,17,31H,15-16H2,1-2H3,(H,33,36)/b19-13+. The first-order valence-corrected chi connectivity index (χ1v) is 12.7. The maximum atomic E-state index is 12.9. The van der Waals surface area contributed by atoms with Crippen LogP contribution in [-0.4, -0.2) is 34.5 Å². The minimum absolute atomic E-state index is 0.185. The monoisotopic (exact) mass is 549 g/mol. The largest absolute Gasteiger partial charge is 0.497 e. The minimum atomic E-state index is -0.635. The van der Waals surface area contributed by atoms with Gasteiger partial charge in [-0.05, 0) is 66.6 Å². The maximum Gasteiger partial charge on any atom is 0.414 e. The number of nitrogens with zero attached hydrogens (tertiary/aromatic N) is 3. The number of hydrogen-bond acceptors (Lipinski definition) is 6. The highest BCUT2D eigenvalue weighted by atomic mass is 35.5. The molecule has 0 bridgehead atoms. The summed E-state index contributed by atoms with van der Waals surface area (Å²) < 4.78 is 12.7. The van der Waals surface area contributed by atoms with Crippen LogP contribution in [0.1, 0.15) is 35.5 Å². The van der Waals surface area contributed by atoms with Gasteiger partial charge in [-0.25, -0.2) is 9.48 Å². The van der Waals surface area contributed by atoms with E-state index in [1.165, 1.54) is 0 Å². The van der Waals surface area contributed by atoms with Gasteiger partial charge in [-0.15, -0.1) is 5.10 Å². The first kappa shape index (κ1) is 25.8. The maximum absolute atomic E-state index is 12.9. The number of carbonyl (C=O) groups excluding carboxylic acids is 1. The second-order valence-corrected chi connectivity index (χ2v) is 9.54. The molecule has 0 fully saturated rings. The lowest BCUT2D eigenvalue weighted by molar-refractivity contribution is 0.194. The number of rotatable bonds is 6. The van der Waals surface area contributed by atoms with Crippen LogP contribution in [0, 0.1) is 0 Å². The van der Waals surface area contributed by atoms with Crippen molar-refractivity contribution in [1.29, 1.82) is 0 Å². The van der Waals surface area contributed by atoms with Crippen LogP contribution in [0.2, 0.25) is 10.0 Å². The van der Waals surface area contributed by atoms with Crippen LogP contribution in [0.3, 0.4) is 0 Å². The summed E-state index contributed by atoms with van der Waals surface area (Å²) >= 11 is 12.7. The molecular formula is C28H25Cl2N5O3. The number of aromatic nitrogens is 3. The summed E-state index contributed by atoms with van der Waals surface area (Å²) in [7, 11) is 1.63. The van der Waals surface area contributed by atoms with Crippen molar-refractivity contribution in [1.82, 2.24) is 25.4 Å². The SMILES string of the molecule is COc1ccc(/C=C2\CNCc3c(OC(=O)NC(C)c4ccccn4)nn(-c4ccc(Cl)cc4Cl)c32)cc1. The fraction of sp³-hybridized carbons (Fsp3) is 0.179. The third-order valence-corrected chi connectivity index (χ3v) is 6.66. The third-order valence-electron chi connectivity index (χ3n) is 6.12. The van der Waals surface area contributed by atoms with Gasteiger partial charge in [0.1, 0.15) is 5.75 Å². The molecular weight excluding hydrogens is 525 g/mol. The molecule has 0 spiro atoms. The Morgan fingerprint density at radius 3 is 2.66 bits per heavy atom. The van der Waals surface area contributed by atoms with Gasteiger partial charge in [-0.1, -0.05) is 41.4 Å². The molecule has 1 atom stereocenters. The molecule has 2 aromatic heterocycles. The summed E-state index contributed by atoms with van der Waals surface area (Å²) in [5, 5.41) is 11.8. The molecule has 5 rings (SSSR count). The summed E-state index contributed by atoms with van der Waals surface area (Å²) in [5.41, 5.74) is 4.80. The summed E-state index contributed by atoms with van der Waals surface area (Å²) in [6, 6.07) is 18.1. The van der Waals surface area contributed by atoms with Gasteiger partial charge in [-0.3, -0.25) is 4.98 Å².